The monoisotopic (exact) mass is 417 g/mol. The minimum atomic E-state index is -4.54. The van der Waals surface area contributed by atoms with E-state index in [1.165, 1.54) is 12.1 Å². The van der Waals surface area contributed by atoms with Gasteiger partial charge in [0.05, 0.1) is 24.0 Å². The normalized spacial score (nSPS) is 25.9. The lowest BCUT2D eigenvalue weighted by Crippen LogP contribution is -2.43. The quantitative estimate of drug-likeness (QED) is 0.580. The summed E-state index contributed by atoms with van der Waals surface area (Å²) in [5.41, 5.74) is -0.834. The number of halogens is 4. The SMILES string of the molecule is O=C(Nc1ccc(Br)c(C(F)(F)F)c1)C1CC=C[C@@H]2CCOC(=O)[C@H]12. The molecule has 1 N–H and O–H groups in total. The Balaban J connectivity index is 1.80. The number of carbonyl (C=O) groups is 2. The molecule has 1 aromatic rings. The predicted octanol–water partition coefficient (Wildman–Crippen LogP) is 4.16. The van der Waals surface area contributed by atoms with E-state index in [-0.39, 0.29) is 16.1 Å². The number of anilines is 1. The number of fused-ring (bicyclic) bond motifs is 1. The van der Waals surface area contributed by atoms with Gasteiger partial charge in [0.25, 0.3) is 0 Å². The maximum Gasteiger partial charge on any atom is 0.417 e. The molecule has 1 aliphatic heterocycles. The van der Waals surface area contributed by atoms with E-state index in [4.69, 9.17) is 4.74 Å². The van der Waals surface area contributed by atoms with Gasteiger partial charge in [0.15, 0.2) is 0 Å². The molecule has 8 heteroatoms. The van der Waals surface area contributed by atoms with Gasteiger partial charge in [0, 0.05) is 10.2 Å². The molecule has 3 rings (SSSR count). The number of allylic oxidation sites excluding steroid dienone is 2. The minimum Gasteiger partial charge on any atom is -0.465 e. The molecule has 0 saturated carbocycles. The molecule has 1 fully saturated rings. The fourth-order valence-corrected chi connectivity index (χ4v) is 3.77. The van der Waals surface area contributed by atoms with Crippen LogP contribution in [0.5, 0.6) is 0 Å². The van der Waals surface area contributed by atoms with E-state index in [9.17, 15) is 22.8 Å². The summed E-state index contributed by atoms with van der Waals surface area (Å²) in [4.78, 5) is 24.6. The van der Waals surface area contributed by atoms with Crippen LogP contribution in [0.2, 0.25) is 0 Å². The largest absolute Gasteiger partial charge is 0.465 e. The highest BCUT2D eigenvalue weighted by atomic mass is 79.9. The Hall–Kier alpha value is -1.83. The number of alkyl halides is 3. The highest BCUT2D eigenvalue weighted by Crippen LogP contribution is 2.38. The number of nitrogens with one attached hydrogen (secondary N) is 1. The smallest absolute Gasteiger partial charge is 0.417 e. The third-order valence-corrected chi connectivity index (χ3v) is 5.20. The molecular weight excluding hydrogens is 403 g/mol. The van der Waals surface area contributed by atoms with Gasteiger partial charge < -0.3 is 10.1 Å². The van der Waals surface area contributed by atoms with Crippen LogP contribution in [-0.4, -0.2) is 18.5 Å². The Labute approximate surface area is 150 Å². The van der Waals surface area contributed by atoms with Crippen molar-refractivity contribution >= 4 is 33.5 Å². The van der Waals surface area contributed by atoms with Crippen molar-refractivity contribution in [1.82, 2.24) is 0 Å². The number of benzene rings is 1. The molecule has 1 aliphatic carbocycles. The van der Waals surface area contributed by atoms with Crippen molar-refractivity contribution in [1.29, 1.82) is 0 Å². The van der Waals surface area contributed by atoms with Crippen molar-refractivity contribution in [2.24, 2.45) is 17.8 Å². The Morgan fingerprint density at radius 1 is 1.32 bits per heavy atom. The van der Waals surface area contributed by atoms with Gasteiger partial charge in [0.2, 0.25) is 5.91 Å². The Bertz CT molecular complexity index is 732. The minimum absolute atomic E-state index is 0.0378. The molecular formula is C17H15BrF3NO3. The summed E-state index contributed by atoms with van der Waals surface area (Å²) >= 11 is 2.86. The second-order valence-electron chi connectivity index (χ2n) is 6.10. The fraction of sp³-hybridized carbons (Fsp3) is 0.412. The summed E-state index contributed by atoms with van der Waals surface area (Å²) in [7, 11) is 0. The third-order valence-electron chi connectivity index (χ3n) is 4.51. The van der Waals surface area contributed by atoms with Gasteiger partial charge in [-0.05, 0) is 37.0 Å². The Morgan fingerprint density at radius 2 is 2.08 bits per heavy atom. The number of carbonyl (C=O) groups excluding carboxylic acids is 2. The lowest BCUT2D eigenvalue weighted by molar-refractivity contribution is -0.160. The van der Waals surface area contributed by atoms with Gasteiger partial charge in [-0.1, -0.05) is 28.1 Å². The third kappa shape index (κ3) is 3.73. The van der Waals surface area contributed by atoms with E-state index in [1.807, 2.05) is 12.2 Å². The number of hydrogen-bond acceptors (Lipinski definition) is 3. The number of amides is 1. The van der Waals surface area contributed by atoms with Gasteiger partial charge in [-0.15, -0.1) is 0 Å². The first-order valence-corrected chi connectivity index (χ1v) is 8.57. The summed E-state index contributed by atoms with van der Waals surface area (Å²) in [5, 5.41) is 2.50. The zero-order valence-corrected chi connectivity index (χ0v) is 14.6. The molecule has 1 aromatic carbocycles. The first kappa shape index (κ1) is 18.0. The summed E-state index contributed by atoms with van der Waals surface area (Å²) < 4.78 is 43.9. The van der Waals surface area contributed by atoms with Crippen LogP contribution in [0.4, 0.5) is 18.9 Å². The van der Waals surface area contributed by atoms with E-state index >= 15 is 0 Å². The van der Waals surface area contributed by atoms with Gasteiger partial charge in [0.1, 0.15) is 0 Å². The number of hydrogen-bond donors (Lipinski definition) is 1. The zero-order valence-electron chi connectivity index (χ0n) is 13.0. The topological polar surface area (TPSA) is 55.4 Å². The van der Waals surface area contributed by atoms with Crippen LogP contribution in [0.25, 0.3) is 0 Å². The molecule has 1 unspecified atom stereocenters. The van der Waals surface area contributed by atoms with Gasteiger partial charge >= 0.3 is 12.1 Å². The number of cyclic esters (lactones) is 1. The summed E-state index contributed by atoms with van der Waals surface area (Å²) in [5.74, 6) is -2.21. The van der Waals surface area contributed by atoms with Crippen molar-refractivity contribution in [3.05, 3.63) is 40.4 Å². The van der Waals surface area contributed by atoms with Gasteiger partial charge in [-0.25, -0.2) is 0 Å². The van der Waals surface area contributed by atoms with E-state index in [0.29, 0.717) is 19.4 Å². The molecule has 134 valence electrons. The first-order valence-electron chi connectivity index (χ1n) is 7.78. The molecule has 0 bridgehead atoms. The first-order chi connectivity index (χ1) is 11.8. The Morgan fingerprint density at radius 3 is 2.80 bits per heavy atom. The summed E-state index contributed by atoms with van der Waals surface area (Å²) in [6.07, 6.45) is 0.215. The predicted molar refractivity (Wildman–Crippen MR) is 87.6 cm³/mol. The molecule has 25 heavy (non-hydrogen) atoms. The highest BCUT2D eigenvalue weighted by molar-refractivity contribution is 9.10. The Kier molecular flexibility index (Phi) is 4.90. The van der Waals surface area contributed by atoms with E-state index in [0.717, 1.165) is 6.07 Å². The lowest BCUT2D eigenvalue weighted by Gasteiger charge is -2.35. The number of esters is 1. The molecule has 4 nitrogen and oxygen atoms in total. The zero-order chi connectivity index (χ0) is 18.2. The molecule has 0 spiro atoms. The number of ether oxygens (including phenoxy) is 1. The number of rotatable bonds is 2. The molecule has 1 saturated heterocycles. The van der Waals surface area contributed by atoms with Crippen LogP contribution in [-0.2, 0) is 20.5 Å². The van der Waals surface area contributed by atoms with Crippen LogP contribution in [0, 0.1) is 17.8 Å². The fourth-order valence-electron chi connectivity index (χ4n) is 3.30. The molecule has 0 aromatic heterocycles. The van der Waals surface area contributed by atoms with Gasteiger partial charge in [-0.3, -0.25) is 9.59 Å². The molecule has 0 radical (unpaired) electrons. The second kappa shape index (κ2) is 6.82. The second-order valence-corrected chi connectivity index (χ2v) is 6.95. The van der Waals surface area contributed by atoms with Crippen LogP contribution in [0.1, 0.15) is 18.4 Å². The van der Waals surface area contributed by atoms with Crippen molar-refractivity contribution in [3.8, 4) is 0 Å². The molecule has 1 amide bonds. The average Bonchev–Trinajstić information content (AvgIpc) is 2.55. The average molecular weight is 418 g/mol. The molecule has 3 atom stereocenters. The molecule has 2 aliphatic rings. The maximum absolute atomic E-state index is 13.0. The van der Waals surface area contributed by atoms with Crippen molar-refractivity contribution < 1.29 is 27.5 Å². The summed E-state index contributed by atoms with van der Waals surface area (Å²) in [6.45, 7) is 0.320. The van der Waals surface area contributed by atoms with Crippen molar-refractivity contribution in [2.45, 2.75) is 19.0 Å². The van der Waals surface area contributed by atoms with Crippen LogP contribution in [0.15, 0.2) is 34.8 Å². The lowest BCUT2D eigenvalue weighted by atomic mass is 9.73. The van der Waals surface area contributed by atoms with Crippen LogP contribution < -0.4 is 5.32 Å². The van der Waals surface area contributed by atoms with E-state index in [2.05, 4.69) is 21.2 Å². The van der Waals surface area contributed by atoms with Crippen molar-refractivity contribution in [2.75, 3.05) is 11.9 Å². The molecule has 1 heterocycles. The van der Waals surface area contributed by atoms with E-state index < -0.39 is 35.5 Å². The highest BCUT2D eigenvalue weighted by Gasteiger charge is 2.43. The van der Waals surface area contributed by atoms with E-state index in [1.54, 1.807) is 0 Å². The van der Waals surface area contributed by atoms with Crippen molar-refractivity contribution in [3.63, 3.8) is 0 Å². The van der Waals surface area contributed by atoms with Gasteiger partial charge in [-0.2, -0.15) is 13.2 Å². The van der Waals surface area contributed by atoms with Crippen LogP contribution >= 0.6 is 15.9 Å². The van der Waals surface area contributed by atoms with Crippen LogP contribution in [0.3, 0.4) is 0 Å². The maximum atomic E-state index is 13.0. The standard InChI is InChI=1S/C17H15BrF3NO3/c18-13-5-4-10(8-12(13)17(19,20)21)22-15(23)11-3-1-2-9-6-7-25-16(24)14(9)11/h1-2,4-5,8-9,11,14H,3,6-7H2,(H,22,23)/t9-,11?,14+/m1/s1. The summed E-state index contributed by atoms with van der Waals surface area (Å²) in [6, 6.07) is 3.49.